The first kappa shape index (κ1) is 25.4. The number of nitrogens with one attached hydrogen (secondary N) is 1. The molecule has 1 heterocycles. The number of benzene rings is 2. The lowest BCUT2D eigenvalue weighted by atomic mass is 10.1. The number of hydrogen-bond donors (Lipinski definition) is 1. The minimum absolute atomic E-state index is 0.0227. The van der Waals surface area contributed by atoms with Gasteiger partial charge in [-0.1, -0.05) is 0 Å². The summed E-state index contributed by atoms with van der Waals surface area (Å²) in [5, 5.41) is 6.36. The second-order valence-corrected chi connectivity index (χ2v) is 6.95. The van der Waals surface area contributed by atoms with E-state index in [1.54, 1.807) is 0 Å². The summed E-state index contributed by atoms with van der Waals surface area (Å²) in [4.78, 5) is 24.8. The van der Waals surface area contributed by atoms with E-state index in [0.717, 1.165) is 6.20 Å². The Morgan fingerprint density at radius 2 is 1.54 bits per heavy atom. The molecule has 35 heavy (non-hydrogen) atoms. The van der Waals surface area contributed by atoms with Gasteiger partial charge in [0.25, 0.3) is 5.91 Å². The van der Waals surface area contributed by atoms with Crippen molar-refractivity contribution < 1.29 is 41.7 Å². The first-order valence-corrected chi connectivity index (χ1v) is 10.2. The fraction of sp³-hybridized carbons (Fsp3) is 0.261. The number of rotatable bonds is 8. The molecule has 1 aromatic heterocycles. The molecule has 2 aromatic carbocycles. The molecule has 12 heteroatoms. The van der Waals surface area contributed by atoms with Crippen molar-refractivity contribution in [2.24, 2.45) is 0 Å². The molecular formula is C23H22F3N3O6. The highest BCUT2D eigenvalue weighted by molar-refractivity contribution is 6.06. The topological polar surface area (TPSA) is 101 Å². The van der Waals surface area contributed by atoms with E-state index in [9.17, 15) is 22.8 Å². The van der Waals surface area contributed by atoms with Crippen molar-refractivity contribution in [2.45, 2.75) is 13.1 Å². The van der Waals surface area contributed by atoms with Crippen LogP contribution < -0.4 is 19.5 Å². The molecule has 0 spiro atoms. The number of carbonyl (C=O) groups is 2. The van der Waals surface area contributed by atoms with Gasteiger partial charge in [0.15, 0.2) is 17.2 Å². The first-order valence-electron chi connectivity index (χ1n) is 10.2. The summed E-state index contributed by atoms with van der Waals surface area (Å²) >= 11 is 0. The van der Waals surface area contributed by atoms with Gasteiger partial charge in [-0.25, -0.2) is 9.48 Å². The lowest BCUT2D eigenvalue weighted by Crippen LogP contribution is -2.18. The Morgan fingerprint density at radius 3 is 2.09 bits per heavy atom. The third-order valence-corrected chi connectivity index (χ3v) is 4.85. The number of nitrogens with zero attached hydrogens (tertiary/aromatic N) is 2. The number of methoxy groups -OCH3 is 3. The van der Waals surface area contributed by atoms with Gasteiger partial charge in [-0.05, 0) is 31.2 Å². The minimum Gasteiger partial charge on any atom is -0.496 e. The second-order valence-electron chi connectivity index (χ2n) is 6.95. The fourth-order valence-corrected chi connectivity index (χ4v) is 3.27. The van der Waals surface area contributed by atoms with Gasteiger partial charge in [0.1, 0.15) is 11.3 Å². The van der Waals surface area contributed by atoms with E-state index in [1.165, 1.54) is 64.7 Å². The van der Waals surface area contributed by atoms with Crippen LogP contribution in [-0.4, -0.2) is 49.6 Å². The van der Waals surface area contributed by atoms with E-state index >= 15 is 0 Å². The highest BCUT2D eigenvalue weighted by atomic mass is 19.4. The van der Waals surface area contributed by atoms with Crippen LogP contribution in [0, 0.1) is 0 Å². The summed E-state index contributed by atoms with van der Waals surface area (Å²) in [5.74, 6) is -0.764. The summed E-state index contributed by atoms with van der Waals surface area (Å²) in [7, 11) is 4.25. The Bertz CT molecular complexity index is 1220. The molecule has 0 bridgehead atoms. The van der Waals surface area contributed by atoms with Crippen molar-refractivity contribution in [3.8, 4) is 22.9 Å². The third kappa shape index (κ3) is 5.31. The van der Waals surface area contributed by atoms with Crippen LogP contribution in [0.4, 0.5) is 18.9 Å². The van der Waals surface area contributed by atoms with E-state index in [2.05, 4.69) is 10.4 Å². The van der Waals surface area contributed by atoms with E-state index in [4.69, 9.17) is 18.9 Å². The first-order chi connectivity index (χ1) is 16.6. The zero-order chi connectivity index (χ0) is 25.8. The van der Waals surface area contributed by atoms with Crippen molar-refractivity contribution in [1.82, 2.24) is 9.78 Å². The minimum atomic E-state index is -4.87. The van der Waals surface area contributed by atoms with E-state index in [1.807, 2.05) is 0 Å². The second kappa shape index (κ2) is 10.4. The largest absolute Gasteiger partial charge is 0.496 e. The maximum absolute atomic E-state index is 13.7. The highest BCUT2D eigenvalue weighted by Crippen LogP contribution is 2.36. The van der Waals surface area contributed by atoms with E-state index in [-0.39, 0.29) is 23.6 Å². The Kier molecular flexibility index (Phi) is 7.52. The van der Waals surface area contributed by atoms with Gasteiger partial charge in [-0.2, -0.15) is 18.3 Å². The maximum Gasteiger partial charge on any atom is 0.434 e. The summed E-state index contributed by atoms with van der Waals surface area (Å²) in [6.07, 6.45) is -4.06. The average Bonchev–Trinajstić information content (AvgIpc) is 3.30. The molecule has 0 radical (unpaired) electrons. The Labute approximate surface area is 198 Å². The van der Waals surface area contributed by atoms with Crippen LogP contribution in [0.1, 0.15) is 33.3 Å². The van der Waals surface area contributed by atoms with Crippen LogP contribution in [0.3, 0.4) is 0 Å². The van der Waals surface area contributed by atoms with Crippen molar-refractivity contribution in [2.75, 3.05) is 33.3 Å². The lowest BCUT2D eigenvalue weighted by molar-refractivity contribution is -0.143. The van der Waals surface area contributed by atoms with Crippen molar-refractivity contribution in [3.05, 3.63) is 59.4 Å². The van der Waals surface area contributed by atoms with Crippen LogP contribution >= 0.6 is 0 Å². The van der Waals surface area contributed by atoms with Crippen molar-refractivity contribution in [1.29, 1.82) is 0 Å². The average molecular weight is 493 g/mol. The number of aromatic nitrogens is 2. The molecule has 0 fully saturated rings. The maximum atomic E-state index is 13.7. The van der Waals surface area contributed by atoms with Gasteiger partial charge in [0.2, 0.25) is 0 Å². The molecule has 0 saturated heterocycles. The number of halogens is 3. The quantitative estimate of drug-likeness (QED) is 0.466. The Hall–Kier alpha value is -4.22. The predicted octanol–water partition coefficient (Wildman–Crippen LogP) is 4.35. The van der Waals surface area contributed by atoms with Crippen molar-refractivity contribution in [3.63, 3.8) is 0 Å². The van der Waals surface area contributed by atoms with Gasteiger partial charge in [0.05, 0.1) is 45.4 Å². The predicted molar refractivity (Wildman–Crippen MR) is 119 cm³/mol. The molecule has 1 amide bonds. The van der Waals surface area contributed by atoms with Crippen LogP contribution in [-0.2, 0) is 10.9 Å². The molecule has 0 aliphatic carbocycles. The van der Waals surface area contributed by atoms with Crippen LogP contribution in [0.25, 0.3) is 5.69 Å². The van der Waals surface area contributed by atoms with Crippen LogP contribution in [0.5, 0.6) is 17.2 Å². The molecule has 0 aliphatic rings. The summed E-state index contributed by atoms with van der Waals surface area (Å²) < 4.78 is 62.1. The lowest BCUT2D eigenvalue weighted by Gasteiger charge is -2.15. The smallest absolute Gasteiger partial charge is 0.434 e. The normalized spacial score (nSPS) is 11.1. The van der Waals surface area contributed by atoms with E-state index < -0.39 is 29.3 Å². The van der Waals surface area contributed by atoms with Gasteiger partial charge in [-0.15, -0.1) is 0 Å². The fourth-order valence-electron chi connectivity index (χ4n) is 3.27. The molecule has 0 aliphatic heterocycles. The highest BCUT2D eigenvalue weighted by Gasteiger charge is 2.41. The standard InChI is InChI=1S/C23H22F3N3O6/c1-5-35-22(31)16-12-27-29(20(16)23(24,25)26)14-8-6-13(7-9-14)28-21(30)15-10-18(33-3)19(34-4)11-17(15)32-2/h6-12H,5H2,1-4H3,(H,28,30). The summed E-state index contributed by atoms with van der Waals surface area (Å²) in [6.45, 7) is 1.40. The molecule has 0 atom stereocenters. The van der Waals surface area contributed by atoms with Crippen LogP contribution in [0.15, 0.2) is 42.6 Å². The van der Waals surface area contributed by atoms with Gasteiger partial charge in [-0.3, -0.25) is 4.79 Å². The van der Waals surface area contributed by atoms with Crippen LogP contribution in [0.2, 0.25) is 0 Å². The molecule has 1 N–H and O–H groups in total. The van der Waals surface area contributed by atoms with Gasteiger partial charge < -0.3 is 24.3 Å². The summed E-state index contributed by atoms with van der Waals surface area (Å²) in [6, 6.07) is 8.36. The number of ether oxygens (including phenoxy) is 4. The molecule has 186 valence electrons. The molecule has 0 unspecified atom stereocenters. The van der Waals surface area contributed by atoms with Crippen molar-refractivity contribution >= 4 is 17.6 Å². The Balaban J connectivity index is 1.90. The van der Waals surface area contributed by atoms with Gasteiger partial charge in [0, 0.05) is 17.8 Å². The molecule has 9 nitrogen and oxygen atoms in total. The monoisotopic (exact) mass is 493 g/mol. The summed E-state index contributed by atoms with van der Waals surface area (Å²) in [5.41, 5.74) is -1.49. The SMILES string of the molecule is CCOC(=O)c1cnn(-c2ccc(NC(=O)c3cc(OC)c(OC)cc3OC)cc2)c1C(F)(F)F. The number of hydrogen-bond acceptors (Lipinski definition) is 7. The number of esters is 1. The molecule has 3 aromatic rings. The zero-order valence-corrected chi connectivity index (χ0v) is 19.2. The molecule has 0 saturated carbocycles. The third-order valence-electron chi connectivity index (χ3n) is 4.85. The number of amides is 1. The number of alkyl halides is 3. The number of anilines is 1. The zero-order valence-electron chi connectivity index (χ0n) is 19.2. The van der Waals surface area contributed by atoms with E-state index in [0.29, 0.717) is 21.9 Å². The Morgan fingerprint density at radius 1 is 0.943 bits per heavy atom. The number of carbonyl (C=O) groups excluding carboxylic acids is 2. The molecule has 3 rings (SSSR count). The molecular weight excluding hydrogens is 471 g/mol. The van der Waals surface area contributed by atoms with Gasteiger partial charge >= 0.3 is 12.1 Å².